The minimum Gasteiger partial charge on any atom is -0.497 e. The molecule has 146 valence electrons. The van der Waals surface area contributed by atoms with Crippen LogP contribution in [-0.4, -0.2) is 47.7 Å². The van der Waals surface area contributed by atoms with Crippen LogP contribution in [0.25, 0.3) is 6.08 Å². The lowest BCUT2D eigenvalue weighted by Gasteiger charge is -2.24. The first kappa shape index (κ1) is 20.2. The first-order valence-corrected chi connectivity index (χ1v) is 10.2. The quantitative estimate of drug-likeness (QED) is 0.643. The van der Waals surface area contributed by atoms with Gasteiger partial charge in [-0.3, -0.25) is 14.6 Å². The zero-order valence-electron chi connectivity index (χ0n) is 16.5. The van der Waals surface area contributed by atoms with Gasteiger partial charge in [0.15, 0.2) is 5.17 Å². The minimum absolute atomic E-state index is 0.0117. The highest BCUT2D eigenvalue weighted by atomic mass is 32.2. The first-order valence-electron chi connectivity index (χ1n) is 9.36. The average Bonchev–Trinajstić information content (AvgIpc) is 3.01. The highest BCUT2D eigenvalue weighted by Gasteiger charge is 2.34. The van der Waals surface area contributed by atoms with E-state index in [9.17, 15) is 4.79 Å². The van der Waals surface area contributed by atoms with E-state index in [2.05, 4.69) is 18.7 Å². The van der Waals surface area contributed by atoms with Crippen LogP contribution in [0.1, 0.15) is 19.4 Å². The molecule has 1 aliphatic heterocycles. The lowest BCUT2D eigenvalue weighted by atomic mass is 10.2. The molecule has 1 aliphatic rings. The van der Waals surface area contributed by atoms with Crippen LogP contribution >= 0.6 is 11.8 Å². The molecule has 0 spiro atoms. The van der Waals surface area contributed by atoms with Crippen molar-refractivity contribution < 1.29 is 9.53 Å². The van der Waals surface area contributed by atoms with Gasteiger partial charge in [0.05, 0.1) is 24.4 Å². The van der Waals surface area contributed by atoms with Crippen LogP contribution in [0.2, 0.25) is 0 Å². The van der Waals surface area contributed by atoms with Crippen LogP contribution in [0, 0.1) is 0 Å². The van der Waals surface area contributed by atoms with Gasteiger partial charge < -0.3 is 4.74 Å². The minimum atomic E-state index is -0.0117. The van der Waals surface area contributed by atoms with E-state index < -0.39 is 0 Å². The van der Waals surface area contributed by atoms with Crippen LogP contribution in [0.15, 0.2) is 64.5 Å². The van der Waals surface area contributed by atoms with Crippen molar-refractivity contribution in [1.82, 2.24) is 9.80 Å². The first-order chi connectivity index (χ1) is 13.6. The number of benzene rings is 2. The zero-order valence-corrected chi connectivity index (χ0v) is 17.3. The Kier molecular flexibility index (Phi) is 6.90. The number of hydrogen-bond donors (Lipinski definition) is 0. The molecule has 28 heavy (non-hydrogen) atoms. The Bertz CT molecular complexity index is 859. The van der Waals surface area contributed by atoms with E-state index >= 15 is 0 Å². The maximum atomic E-state index is 13.1. The fourth-order valence-corrected chi connectivity index (χ4v) is 3.80. The van der Waals surface area contributed by atoms with Crippen molar-refractivity contribution in [1.29, 1.82) is 0 Å². The van der Waals surface area contributed by atoms with Gasteiger partial charge in [-0.2, -0.15) is 0 Å². The molecule has 0 unspecified atom stereocenters. The third kappa shape index (κ3) is 4.82. The Morgan fingerprint density at radius 2 is 1.75 bits per heavy atom. The Hall–Kier alpha value is -2.57. The van der Waals surface area contributed by atoms with Crippen LogP contribution in [-0.2, 0) is 4.79 Å². The Balaban J connectivity index is 1.91. The fraction of sp³-hybridized carbons (Fsp3) is 0.273. The van der Waals surface area contributed by atoms with Gasteiger partial charge >= 0.3 is 0 Å². The lowest BCUT2D eigenvalue weighted by molar-refractivity contribution is -0.123. The van der Waals surface area contributed by atoms with E-state index in [0.717, 1.165) is 30.1 Å². The van der Waals surface area contributed by atoms with Crippen LogP contribution in [0.5, 0.6) is 5.75 Å². The maximum Gasteiger partial charge on any atom is 0.267 e. The molecule has 2 aromatic carbocycles. The van der Waals surface area contributed by atoms with Crippen molar-refractivity contribution in [2.45, 2.75) is 13.8 Å². The highest BCUT2D eigenvalue weighted by Crippen LogP contribution is 2.34. The van der Waals surface area contributed by atoms with Gasteiger partial charge in [0, 0.05) is 0 Å². The third-order valence-electron chi connectivity index (χ3n) is 4.52. The number of aliphatic imine (C=N–C) groups is 1. The largest absolute Gasteiger partial charge is 0.497 e. The summed E-state index contributed by atoms with van der Waals surface area (Å²) in [6, 6.07) is 17.4. The Labute approximate surface area is 170 Å². The number of ether oxygens (including phenoxy) is 1. The summed E-state index contributed by atoms with van der Waals surface area (Å²) < 4.78 is 5.20. The number of thioether (sulfide) groups is 1. The van der Waals surface area contributed by atoms with Gasteiger partial charge in [-0.05, 0) is 60.8 Å². The molecular weight excluding hydrogens is 370 g/mol. The van der Waals surface area contributed by atoms with Crippen LogP contribution in [0.3, 0.4) is 0 Å². The van der Waals surface area contributed by atoms with Gasteiger partial charge in [-0.1, -0.05) is 44.2 Å². The molecule has 3 rings (SSSR count). The number of hydrogen-bond acceptors (Lipinski definition) is 5. The average molecular weight is 396 g/mol. The molecule has 1 heterocycles. The summed E-state index contributed by atoms with van der Waals surface area (Å²) in [5, 5.41) is 0.711. The summed E-state index contributed by atoms with van der Waals surface area (Å²) in [5.41, 5.74) is 1.80. The van der Waals surface area contributed by atoms with Crippen molar-refractivity contribution in [2.75, 3.05) is 26.9 Å². The van der Waals surface area contributed by atoms with Crippen molar-refractivity contribution in [3.05, 3.63) is 65.1 Å². The van der Waals surface area contributed by atoms with Crippen LogP contribution < -0.4 is 4.74 Å². The zero-order chi connectivity index (χ0) is 19.9. The lowest BCUT2D eigenvalue weighted by Crippen LogP contribution is -2.40. The standard InChI is InChI=1S/C22H25N3O2S/c1-4-24(5-2)16-25-21(26)20(15-17-11-13-19(27-3)14-12-17)28-22(25)23-18-9-7-6-8-10-18/h6-15H,4-5,16H2,1-3H3/b20-15+,23-22?. The molecule has 0 bridgehead atoms. The summed E-state index contributed by atoms with van der Waals surface area (Å²) in [4.78, 5) is 22.5. The monoisotopic (exact) mass is 395 g/mol. The molecule has 0 radical (unpaired) electrons. The van der Waals surface area contributed by atoms with Crippen molar-refractivity contribution in [2.24, 2.45) is 4.99 Å². The summed E-state index contributed by atoms with van der Waals surface area (Å²) in [6.45, 7) is 6.48. The molecular formula is C22H25N3O2S. The second-order valence-corrected chi connectivity index (χ2v) is 7.30. The van der Waals surface area contributed by atoms with E-state index in [1.54, 1.807) is 12.0 Å². The van der Waals surface area contributed by atoms with E-state index in [0.29, 0.717) is 16.7 Å². The number of carbonyl (C=O) groups is 1. The number of nitrogens with zero attached hydrogens (tertiary/aromatic N) is 3. The Morgan fingerprint density at radius 3 is 2.36 bits per heavy atom. The Morgan fingerprint density at radius 1 is 1.07 bits per heavy atom. The van der Waals surface area contributed by atoms with Crippen molar-refractivity contribution in [3.63, 3.8) is 0 Å². The normalized spacial score (nSPS) is 17.1. The van der Waals surface area contributed by atoms with Crippen molar-refractivity contribution in [3.8, 4) is 5.75 Å². The number of para-hydroxylation sites is 1. The molecule has 1 saturated heterocycles. The van der Waals surface area contributed by atoms with E-state index in [-0.39, 0.29) is 5.91 Å². The second-order valence-electron chi connectivity index (χ2n) is 6.29. The predicted molar refractivity (Wildman–Crippen MR) is 117 cm³/mol. The molecule has 0 saturated carbocycles. The van der Waals surface area contributed by atoms with Crippen molar-refractivity contribution >= 4 is 34.6 Å². The number of amides is 1. The summed E-state index contributed by atoms with van der Waals surface area (Å²) in [6.07, 6.45) is 1.91. The molecule has 0 aromatic heterocycles. The van der Waals surface area contributed by atoms with Gasteiger partial charge in [0.25, 0.3) is 5.91 Å². The number of methoxy groups -OCH3 is 1. The molecule has 1 fully saturated rings. The van der Waals surface area contributed by atoms with E-state index in [4.69, 9.17) is 9.73 Å². The molecule has 1 amide bonds. The number of carbonyl (C=O) groups excluding carboxylic acids is 1. The van der Waals surface area contributed by atoms with E-state index in [1.165, 1.54) is 11.8 Å². The topological polar surface area (TPSA) is 45.1 Å². The SMILES string of the molecule is CCN(CC)CN1C(=O)/C(=C\c2ccc(OC)cc2)SC1=Nc1ccccc1. The molecule has 0 atom stereocenters. The number of amidine groups is 1. The molecule has 5 nitrogen and oxygen atoms in total. The second kappa shape index (κ2) is 9.57. The third-order valence-corrected chi connectivity index (χ3v) is 5.53. The maximum absolute atomic E-state index is 13.1. The molecule has 0 N–H and O–H groups in total. The molecule has 0 aliphatic carbocycles. The van der Waals surface area contributed by atoms with Gasteiger partial charge in [-0.15, -0.1) is 0 Å². The molecule has 6 heteroatoms. The highest BCUT2D eigenvalue weighted by molar-refractivity contribution is 8.18. The predicted octanol–water partition coefficient (Wildman–Crippen LogP) is 4.60. The van der Waals surface area contributed by atoms with Gasteiger partial charge in [0.2, 0.25) is 0 Å². The molecule has 2 aromatic rings. The summed E-state index contributed by atoms with van der Waals surface area (Å²) in [7, 11) is 1.64. The summed E-state index contributed by atoms with van der Waals surface area (Å²) >= 11 is 1.42. The smallest absolute Gasteiger partial charge is 0.267 e. The number of rotatable bonds is 7. The van der Waals surface area contributed by atoms with Gasteiger partial charge in [0.1, 0.15) is 5.75 Å². The van der Waals surface area contributed by atoms with Gasteiger partial charge in [-0.25, -0.2) is 4.99 Å². The fourth-order valence-electron chi connectivity index (χ4n) is 2.80. The van der Waals surface area contributed by atoms with Crippen LogP contribution in [0.4, 0.5) is 5.69 Å². The summed E-state index contributed by atoms with van der Waals surface area (Å²) in [5.74, 6) is 0.782. The van der Waals surface area contributed by atoms with E-state index in [1.807, 2.05) is 60.7 Å².